The van der Waals surface area contributed by atoms with Gasteiger partial charge in [-0.05, 0) is 48.5 Å². The summed E-state index contributed by atoms with van der Waals surface area (Å²) in [6, 6.07) is 22.9. The Morgan fingerprint density at radius 2 is 1.19 bits per heavy atom. The van der Waals surface area contributed by atoms with E-state index in [9.17, 15) is 10.1 Å². The van der Waals surface area contributed by atoms with Crippen molar-refractivity contribution in [1.29, 1.82) is 0 Å². The Hall–Kier alpha value is -1.66. The number of hydrogen-bond acceptors (Lipinski definition) is 4. The van der Waals surface area contributed by atoms with Crippen LogP contribution in [0.15, 0.2) is 88.7 Å². The number of benzene rings is 3. The molecule has 0 aliphatic rings. The van der Waals surface area contributed by atoms with Crippen molar-refractivity contribution in [3.8, 4) is 0 Å². The highest BCUT2D eigenvalue weighted by Crippen LogP contribution is 2.44. The van der Waals surface area contributed by atoms with Gasteiger partial charge in [-0.15, -0.1) is 23.5 Å². The molecule has 0 N–H and O–H groups in total. The molecular formula is C20H15Cl2NO2S2. The first kappa shape index (κ1) is 20.1. The second kappa shape index (κ2) is 9.51. The van der Waals surface area contributed by atoms with E-state index >= 15 is 0 Å². The van der Waals surface area contributed by atoms with Crippen molar-refractivity contribution >= 4 is 46.7 Å². The molecule has 0 radical (unpaired) electrons. The number of nitro groups is 1. The van der Waals surface area contributed by atoms with Gasteiger partial charge in [-0.2, -0.15) is 0 Å². The summed E-state index contributed by atoms with van der Waals surface area (Å²) in [5, 5.41) is 13.2. The zero-order valence-electron chi connectivity index (χ0n) is 14.0. The molecule has 0 aromatic heterocycles. The van der Waals surface area contributed by atoms with E-state index < -0.39 is 6.04 Å². The topological polar surface area (TPSA) is 43.1 Å². The van der Waals surface area contributed by atoms with Gasteiger partial charge in [0, 0.05) is 30.3 Å². The van der Waals surface area contributed by atoms with Gasteiger partial charge >= 0.3 is 0 Å². The largest absolute Gasteiger partial charge is 0.264 e. The van der Waals surface area contributed by atoms with Crippen molar-refractivity contribution in [3.05, 3.63) is 105 Å². The summed E-state index contributed by atoms with van der Waals surface area (Å²) < 4.78 is -0.371. The third-order valence-electron chi connectivity index (χ3n) is 3.76. The fourth-order valence-corrected chi connectivity index (χ4v) is 5.48. The summed E-state index contributed by atoms with van der Waals surface area (Å²) in [7, 11) is 0. The lowest BCUT2D eigenvalue weighted by Crippen LogP contribution is -2.20. The van der Waals surface area contributed by atoms with Crippen molar-refractivity contribution in [3.63, 3.8) is 0 Å². The second-order valence-electron chi connectivity index (χ2n) is 5.65. The van der Waals surface area contributed by atoms with Crippen LogP contribution in [0.3, 0.4) is 0 Å². The lowest BCUT2D eigenvalue weighted by Gasteiger charge is -2.21. The maximum absolute atomic E-state index is 12.0. The van der Waals surface area contributed by atoms with Gasteiger partial charge in [0.2, 0.25) is 0 Å². The van der Waals surface area contributed by atoms with Crippen molar-refractivity contribution < 1.29 is 4.92 Å². The average molecular weight is 436 g/mol. The van der Waals surface area contributed by atoms with Crippen molar-refractivity contribution in [1.82, 2.24) is 0 Å². The van der Waals surface area contributed by atoms with Crippen LogP contribution in [0.25, 0.3) is 0 Å². The third kappa shape index (κ3) is 5.66. The summed E-state index contributed by atoms with van der Waals surface area (Å²) in [5.74, 6) is 0. The molecule has 0 bridgehead atoms. The van der Waals surface area contributed by atoms with Crippen LogP contribution in [-0.4, -0.2) is 9.51 Å². The predicted molar refractivity (Wildman–Crippen MR) is 115 cm³/mol. The number of nitrogens with zero attached hydrogens (tertiary/aromatic N) is 1. The molecule has 0 heterocycles. The van der Waals surface area contributed by atoms with E-state index in [0.29, 0.717) is 15.6 Å². The molecule has 7 heteroatoms. The van der Waals surface area contributed by atoms with Crippen molar-refractivity contribution in [2.45, 2.75) is 20.4 Å². The number of rotatable bonds is 7. The first-order valence-electron chi connectivity index (χ1n) is 8.06. The fraction of sp³-hybridized carbons (Fsp3) is 0.100. The molecule has 27 heavy (non-hydrogen) atoms. The quantitative estimate of drug-likeness (QED) is 0.170. The van der Waals surface area contributed by atoms with Gasteiger partial charge in [-0.3, -0.25) is 10.1 Å². The molecule has 1 atom stereocenters. The molecule has 3 aromatic rings. The monoisotopic (exact) mass is 435 g/mol. The first-order valence-corrected chi connectivity index (χ1v) is 10.6. The SMILES string of the molecule is O=[N+]([O-])C(c1ccccc1)C(Sc1ccc(Cl)cc1)Sc1ccc(Cl)cc1. The Morgan fingerprint density at radius 3 is 1.59 bits per heavy atom. The van der Waals surface area contributed by atoms with Crippen molar-refractivity contribution in [2.75, 3.05) is 0 Å². The Kier molecular flexibility index (Phi) is 7.07. The maximum atomic E-state index is 12.0. The molecule has 0 spiro atoms. The highest BCUT2D eigenvalue weighted by molar-refractivity contribution is 8.17. The van der Waals surface area contributed by atoms with Gasteiger partial charge in [0.1, 0.15) is 4.58 Å². The van der Waals surface area contributed by atoms with Gasteiger partial charge in [-0.1, -0.05) is 53.5 Å². The zero-order valence-corrected chi connectivity index (χ0v) is 17.1. The summed E-state index contributed by atoms with van der Waals surface area (Å²) in [5.41, 5.74) is 0.676. The van der Waals surface area contributed by atoms with E-state index in [0.717, 1.165) is 9.79 Å². The Labute approximate surface area is 176 Å². The van der Waals surface area contributed by atoms with E-state index in [1.165, 1.54) is 23.5 Å². The van der Waals surface area contributed by atoms with Crippen LogP contribution < -0.4 is 0 Å². The summed E-state index contributed by atoms with van der Waals surface area (Å²) >= 11 is 14.8. The third-order valence-corrected chi connectivity index (χ3v) is 6.91. The molecule has 0 saturated carbocycles. The molecule has 0 aliphatic heterocycles. The molecule has 138 valence electrons. The summed E-state index contributed by atoms with van der Waals surface area (Å²) in [4.78, 5) is 13.6. The van der Waals surface area contributed by atoms with Crippen LogP contribution in [0.1, 0.15) is 11.6 Å². The fourth-order valence-electron chi connectivity index (χ4n) is 2.48. The number of thioether (sulfide) groups is 2. The highest BCUT2D eigenvalue weighted by atomic mass is 35.5. The average Bonchev–Trinajstić information content (AvgIpc) is 2.66. The Bertz CT molecular complexity index is 843. The molecule has 3 aromatic carbocycles. The van der Waals surface area contributed by atoms with Crippen LogP contribution in [-0.2, 0) is 0 Å². The zero-order chi connectivity index (χ0) is 19.2. The Morgan fingerprint density at radius 1 is 0.741 bits per heavy atom. The minimum Gasteiger partial charge on any atom is -0.264 e. The molecule has 0 aliphatic carbocycles. The van der Waals surface area contributed by atoms with Crippen molar-refractivity contribution in [2.24, 2.45) is 0 Å². The minimum absolute atomic E-state index is 0.216. The molecule has 3 nitrogen and oxygen atoms in total. The molecule has 0 amide bonds. The molecule has 0 saturated heterocycles. The van der Waals surface area contributed by atoms with Gasteiger partial charge in [0.15, 0.2) is 0 Å². The number of hydrogen-bond donors (Lipinski definition) is 0. The lowest BCUT2D eigenvalue weighted by molar-refractivity contribution is -0.524. The van der Waals surface area contributed by atoms with Crippen LogP contribution >= 0.6 is 46.7 Å². The normalized spacial score (nSPS) is 12.1. The van der Waals surface area contributed by atoms with E-state index in [4.69, 9.17) is 23.2 Å². The van der Waals surface area contributed by atoms with Gasteiger partial charge in [0.05, 0.1) is 0 Å². The Balaban J connectivity index is 1.94. The van der Waals surface area contributed by atoms with E-state index in [2.05, 4.69) is 0 Å². The smallest absolute Gasteiger partial charge is 0.259 e. The van der Waals surface area contributed by atoms with E-state index in [1.807, 2.05) is 42.5 Å². The summed E-state index contributed by atoms with van der Waals surface area (Å²) in [6.45, 7) is 0. The second-order valence-corrected chi connectivity index (χ2v) is 9.25. The predicted octanol–water partition coefficient (Wildman–Crippen LogP) is 7.22. The van der Waals surface area contributed by atoms with E-state index in [-0.39, 0.29) is 9.51 Å². The molecule has 1 unspecified atom stereocenters. The minimum atomic E-state index is -0.868. The highest BCUT2D eigenvalue weighted by Gasteiger charge is 2.35. The maximum Gasteiger partial charge on any atom is 0.259 e. The molecule has 3 rings (SSSR count). The van der Waals surface area contributed by atoms with Gasteiger partial charge in [0.25, 0.3) is 6.04 Å². The first-order chi connectivity index (χ1) is 13.0. The number of halogens is 2. The van der Waals surface area contributed by atoms with Crippen LogP contribution in [0.5, 0.6) is 0 Å². The van der Waals surface area contributed by atoms with Gasteiger partial charge in [-0.25, -0.2) is 0 Å². The van der Waals surface area contributed by atoms with E-state index in [1.54, 1.807) is 36.4 Å². The molecular weight excluding hydrogens is 421 g/mol. The van der Waals surface area contributed by atoms with Crippen LogP contribution in [0, 0.1) is 10.1 Å². The standard InChI is InChI=1S/C20H15Cl2NO2S2/c21-15-6-10-17(11-7-15)26-20(27-18-12-8-16(22)9-13-18)19(23(24)25)14-4-2-1-3-5-14/h1-13,19-20H. The van der Waals surface area contributed by atoms with Crippen LogP contribution in [0.2, 0.25) is 10.0 Å². The van der Waals surface area contributed by atoms with Gasteiger partial charge < -0.3 is 0 Å². The lowest BCUT2D eigenvalue weighted by atomic mass is 10.1. The summed E-state index contributed by atoms with van der Waals surface area (Å²) in [6.07, 6.45) is 0. The molecule has 0 fully saturated rings. The van der Waals surface area contributed by atoms with Crippen LogP contribution in [0.4, 0.5) is 0 Å².